The Labute approximate surface area is 127 Å². The molecule has 1 aliphatic heterocycles. The normalized spacial score (nSPS) is 22.5. The molecule has 5 N–H and O–H groups in total. The van der Waals surface area contributed by atoms with Crippen molar-refractivity contribution in [2.24, 2.45) is 0 Å². The van der Waals surface area contributed by atoms with Gasteiger partial charge in [0.05, 0.1) is 0 Å². The fourth-order valence-corrected chi connectivity index (χ4v) is 3.79. The molecular weight excluding hydrogens is 282 g/mol. The molecular formula is C17H17NO4. The molecule has 0 radical (unpaired) electrons. The fraction of sp³-hybridized carbons (Fsp3) is 0.294. The van der Waals surface area contributed by atoms with Gasteiger partial charge in [-0.05, 0) is 47.7 Å². The Kier molecular flexibility index (Phi) is 2.74. The summed E-state index contributed by atoms with van der Waals surface area (Å²) in [5.74, 6) is -0.447. The first-order valence-corrected chi connectivity index (χ1v) is 7.38. The van der Waals surface area contributed by atoms with Crippen LogP contribution in [-0.4, -0.2) is 26.5 Å². The third kappa shape index (κ3) is 1.75. The summed E-state index contributed by atoms with van der Waals surface area (Å²) in [6, 6.07) is 6.79. The summed E-state index contributed by atoms with van der Waals surface area (Å²) in [5.41, 5.74) is 3.63. The predicted molar refractivity (Wildman–Crippen MR) is 80.3 cm³/mol. The minimum Gasteiger partial charge on any atom is -0.504 e. The van der Waals surface area contributed by atoms with Gasteiger partial charge >= 0.3 is 0 Å². The topological polar surface area (TPSA) is 93.0 Å². The zero-order chi connectivity index (χ0) is 15.4. The van der Waals surface area contributed by atoms with Crippen molar-refractivity contribution in [1.29, 1.82) is 0 Å². The van der Waals surface area contributed by atoms with Crippen molar-refractivity contribution >= 4 is 0 Å². The van der Waals surface area contributed by atoms with E-state index in [1.807, 2.05) is 6.07 Å². The highest BCUT2D eigenvalue weighted by Gasteiger charge is 2.36. The minimum atomic E-state index is -0.130. The number of aryl methyl sites for hydroxylation is 1. The number of nitrogens with one attached hydrogen (secondary N) is 1. The van der Waals surface area contributed by atoms with E-state index in [9.17, 15) is 20.4 Å². The van der Waals surface area contributed by atoms with E-state index in [1.165, 1.54) is 6.07 Å². The molecule has 2 atom stereocenters. The summed E-state index contributed by atoms with van der Waals surface area (Å²) in [6.45, 7) is 0.510. The van der Waals surface area contributed by atoms with Crippen LogP contribution in [0, 0.1) is 0 Å². The number of aromatic hydroxyl groups is 4. The fourth-order valence-electron chi connectivity index (χ4n) is 3.79. The van der Waals surface area contributed by atoms with Gasteiger partial charge in [-0.25, -0.2) is 0 Å². The number of phenols is 4. The van der Waals surface area contributed by atoms with Crippen LogP contribution in [0.4, 0.5) is 0 Å². The molecule has 5 nitrogen and oxygen atoms in total. The van der Waals surface area contributed by atoms with E-state index in [2.05, 4.69) is 5.32 Å². The molecule has 114 valence electrons. The molecule has 1 aliphatic carbocycles. The largest absolute Gasteiger partial charge is 0.504 e. The molecule has 2 unspecified atom stereocenters. The highest BCUT2D eigenvalue weighted by atomic mass is 16.3. The molecule has 0 saturated carbocycles. The van der Waals surface area contributed by atoms with Gasteiger partial charge in [-0.15, -0.1) is 0 Å². The van der Waals surface area contributed by atoms with Gasteiger partial charge in [-0.1, -0.05) is 6.07 Å². The molecule has 5 heteroatoms. The van der Waals surface area contributed by atoms with E-state index >= 15 is 0 Å². The lowest BCUT2D eigenvalue weighted by atomic mass is 9.72. The molecule has 0 fully saturated rings. The van der Waals surface area contributed by atoms with Crippen molar-refractivity contribution in [3.63, 3.8) is 0 Å². The van der Waals surface area contributed by atoms with Crippen molar-refractivity contribution in [3.05, 3.63) is 46.5 Å². The van der Waals surface area contributed by atoms with Crippen LogP contribution in [0.25, 0.3) is 0 Å². The Balaban J connectivity index is 1.93. The standard InChI is InChI=1S/C17H17NO4/c19-13-4-2-9-11(17(13)22)7-18-12-3-1-8-5-14(20)15(21)6-10(8)16(9)12/h2,4-6,12,16,18-22H,1,3,7H2. The molecule has 4 rings (SSSR count). The first kappa shape index (κ1) is 13.3. The Morgan fingerprint density at radius 2 is 1.68 bits per heavy atom. The van der Waals surface area contributed by atoms with Crippen LogP contribution in [0.5, 0.6) is 23.0 Å². The van der Waals surface area contributed by atoms with E-state index in [0.29, 0.717) is 12.1 Å². The van der Waals surface area contributed by atoms with E-state index in [4.69, 9.17) is 0 Å². The van der Waals surface area contributed by atoms with E-state index in [0.717, 1.165) is 29.5 Å². The lowest BCUT2D eigenvalue weighted by Crippen LogP contribution is -2.42. The molecule has 0 bridgehead atoms. The Morgan fingerprint density at radius 3 is 2.50 bits per heavy atom. The van der Waals surface area contributed by atoms with Gasteiger partial charge in [0, 0.05) is 24.1 Å². The zero-order valence-electron chi connectivity index (χ0n) is 11.9. The van der Waals surface area contributed by atoms with Gasteiger partial charge < -0.3 is 25.7 Å². The smallest absolute Gasteiger partial charge is 0.162 e. The first-order chi connectivity index (χ1) is 10.6. The van der Waals surface area contributed by atoms with Crippen molar-refractivity contribution in [3.8, 4) is 23.0 Å². The number of hydrogen-bond donors (Lipinski definition) is 5. The van der Waals surface area contributed by atoms with Crippen molar-refractivity contribution in [2.75, 3.05) is 0 Å². The summed E-state index contributed by atoms with van der Waals surface area (Å²) >= 11 is 0. The Morgan fingerprint density at radius 1 is 0.909 bits per heavy atom. The summed E-state index contributed by atoms with van der Waals surface area (Å²) in [6.07, 6.45) is 1.75. The number of rotatable bonds is 0. The molecule has 0 saturated heterocycles. The summed E-state index contributed by atoms with van der Waals surface area (Å²) in [7, 11) is 0. The van der Waals surface area contributed by atoms with Crippen LogP contribution in [0.15, 0.2) is 24.3 Å². The first-order valence-electron chi connectivity index (χ1n) is 7.38. The number of hydrogen-bond acceptors (Lipinski definition) is 5. The van der Waals surface area contributed by atoms with Gasteiger partial charge in [-0.3, -0.25) is 0 Å². The molecule has 0 amide bonds. The number of fused-ring (bicyclic) bond motifs is 5. The number of phenolic OH excluding ortho intramolecular Hbond substituents is 4. The van der Waals surface area contributed by atoms with Gasteiger partial charge in [0.1, 0.15) is 0 Å². The zero-order valence-corrected chi connectivity index (χ0v) is 11.9. The van der Waals surface area contributed by atoms with Crippen molar-refractivity contribution in [1.82, 2.24) is 5.32 Å². The van der Waals surface area contributed by atoms with Crippen molar-refractivity contribution in [2.45, 2.75) is 31.3 Å². The summed E-state index contributed by atoms with van der Waals surface area (Å²) in [5, 5.41) is 42.8. The van der Waals surface area contributed by atoms with Crippen molar-refractivity contribution < 1.29 is 20.4 Å². The molecule has 2 aromatic carbocycles. The molecule has 22 heavy (non-hydrogen) atoms. The van der Waals surface area contributed by atoms with Gasteiger partial charge in [0.15, 0.2) is 23.0 Å². The SMILES string of the molecule is Oc1cc2c(cc1O)C1c3ccc(O)c(O)c3CNC1CC2. The maximum atomic E-state index is 10.1. The Hall–Kier alpha value is -2.40. The molecule has 0 aromatic heterocycles. The summed E-state index contributed by atoms with van der Waals surface area (Å²) in [4.78, 5) is 0. The second-order valence-electron chi connectivity index (χ2n) is 6.04. The highest BCUT2D eigenvalue weighted by molar-refractivity contribution is 5.57. The highest BCUT2D eigenvalue weighted by Crippen LogP contribution is 2.47. The van der Waals surface area contributed by atoms with E-state index < -0.39 is 0 Å². The van der Waals surface area contributed by atoms with Crippen LogP contribution in [0.3, 0.4) is 0 Å². The van der Waals surface area contributed by atoms with E-state index in [-0.39, 0.29) is 35.0 Å². The van der Waals surface area contributed by atoms with Crippen LogP contribution in [0.2, 0.25) is 0 Å². The Bertz CT molecular complexity index is 770. The second kappa shape index (κ2) is 4.55. The summed E-state index contributed by atoms with van der Waals surface area (Å²) < 4.78 is 0. The maximum absolute atomic E-state index is 10.1. The average molecular weight is 299 g/mol. The number of benzene rings is 2. The second-order valence-corrected chi connectivity index (χ2v) is 6.04. The van der Waals surface area contributed by atoms with Crippen LogP contribution in [0.1, 0.15) is 34.6 Å². The predicted octanol–water partition coefficient (Wildman–Crippen LogP) is 2.06. The van der Waals surface area contributed by atoms with E-state index in [1.54, 1.807) is 12.1 Å². The quantitative estimate of drug-likeness (QED) is 0.480. The maximum Gasteiger partial charge on any atom is 0.162 e. The molecule has 2 aliphatic rings. The lowest BCUT2D eigenvalue weighted by Gasteiger charge is -2.39. The van der Waals surface area contributed by atoms with Crippen LogP contribution in [-0.2, 0) is 13.0 Å². The molecule has 1 heterocycles. The van der Waals surface area contributed by atoms with Crippen LogP contribution < -0.4 is 5.32 Å². The average Bonchev–Trinajstić information content (AvgIpc) is 2.51. The third-order valence-electron chi connectivity index (χ3n) is 4.87. The third-order valence-corrected chi connectivity index (χ3v) is 4.87. The minimum absolute atomic E-state index is 0.00880. The monoisotopic (exact) mass is 299 g/mol. The van der Waals surface area contributed by atoms with Gasteiger partial charge in [-0.2, -0.15) is 0 Å². The van der Waals surface area contributed by atoms with Gasteiger partial charge in [0.2, 0.25) is 0 Å². The lowest BCUT2D eigenvalue weighted by molar-refractivity contribution is 0.361. The van der Waals surface area contributed by atoms with Crippen LogP contribution >= 0.6 is 0 Å². The molecule has 2 aromatic rings. The molecule has 0 spiro atoms. The van der Waals surface area contributed by atoms with Gasteiger partial charge in [0.25, 0.3) is 0 Å².